The fourth-order valence-electron chi connectivity index (χ4n) is 1.63. The van der Waals surface area contributed by atoms with Gasteiger partial charge in [-0.3, -0.25) is 9.59 Å². The molecule has 0 aliphatic heterocycles. The Kier molecular flexibility index (Phi) is 4.89. The zero-order valence-electron chi connectivity index (χ0n) is 12.1. The summed E-state index contributed by atoms with van der Waals surface area (Å²) in [6.07, 6.45) is 2.51. The molecule has 19 heavy (non-hydrogen) atoms. The van der Waals surface area contributed by atoms with Gasteiger partial charge < -0.3 is 15.6 Å². The molecule has 1 aromatic heterocycles. The minimum atomic E-state index is -0.598. The average molecular weight is 265 g/mol. The van der Waals surface area contributed by atoms with Gasteiger partial charge in [-0.15, -0.1) is 0 Å². The summed E-state index contributed by atoms with van der Waals surface area (Å²) in [7, 11) is 0. The number of nitrogens with one attached hydrogen (secondary N) is 1. The third-order valence-electron chi connectivity index (χ3n) is 2.93. The van der Waals surface area contributed by atoms with E-state index in [1.807, 2.05) is 27.7 Å². The van der Waals surface area contributed by atoms with Crippen molar-refractivity contribution >= 4 is 11.6 Å². The lowest BCUT2D eigenvalue weighted by Gasteiger charge is -2.25. The SMILES string of the molecule is CCCn1cc(NC(=O)C(N)C(C)(C)C)ccc1=O. The molecular weight excluding hydrogens is 242 g/mol. The number of carbonyl (C=O) groups is 1. The lowest BCUT2D eigenvalue weighted by Crippen LogP contribution is -2.45. The number of aryl methyl sites for hydroxylation is 1. The second-order valence-electron chi connectivity index (χ2n) is 5.78. The van der Waals surface area contributed by atoms with Crippen LogP contribution in [0.1, 0.15) is 34.1 Å². The van der Waals surface area contributed by atoms with E-state index in [0.717, 1.165) is 6.42 Å². The summed E-state index contributed by atoms with van der Waals surface area (Å²) in [4.78, 5) is 23.6. The van der Waals surface area contributed by atoms with E-state index < -0.39 is 6.04 Å². The Morgan fingerprint density at radius 2 is 2.05 bits per heavy atom. The van der Waals surface area contributed by atoms with Crippen LogP contribution in [0.25, 0.3) is 0 Å². The predicted octanol–water partition coefficient (Wildman–Crippen LogP) is 1.57. The molecule has 1 amide bonds. The van der Waals surface area contributed by atoms with Crippen LogP contribution in [0.2, 0.25) is 0 Å². The van der Waals surface area contributed by atoms with Crippen LogP contribution in [0.4, 0.5) is 5.69 Å². The van der Waals surface area contributed by atoms with Crippen molar-refractivity contribution in [2.75, 3.05) is 5.32 Å². The number of aromatic nitrogens is 1. The molecule has 0 aliphatic rings. The van der Waals surface area contributed by atoms with Gasteiger partial charge in [-0.2, -0.15) is 0 Å². The lowest BCUT2D eigenvalue weighted by molar-refractivity contribution is -0.119. The van der Waals surface area contributed by atoms with E-state index in [9.17, 15) is 9.59 Å². The Morgan fingerprint density at radius 1 is 1.42 bits per heavy atom. The molecule has 0 saturated heterocycles. The minimum absolute atomic E-state index is 0.0695. The molecule has 0 saturated carbocycles. The molecule has 1 unspecified atom stereocenters. The highest BCUT2D eigenvalue weighted by atomic mass is 16.2. The summed E-state index contributed by atoms with van der Waals surface area (Å²) in [5, 5.41) is 2.75. The molecule has 1 rings (SSSR count). The second-order valence-corrected chi connectivity index (χ2v) is 5.78. The van der Waals surface area contributed by atoms with Gasteiger partial charge in [0.2, 0.25) is 5.91 Å². The van der Waals surface area contributed by atoms with E-state index in [4.69, 9.17) is 5.73 Å². The number of rotatable bonds is 4. The van der Waals surface area contributed by atoms with Crippen LogP contribution in [0.15, 0.2) is 23.1 Å². The topological polar surface area (TPSA) is 77.1 Å². The molecule has 1 aromatic rings. The number of nitrogens with zero attached hydrogens (tertiary/aromatic N) is 1. The minimum Gasteiger partial charge on any atom is -0.323 e. The highest BCUT2D eigenvalue weighted by Gasteiger charge is 2.27. The maximum absolute atomic E-state index is 12.0. The van der Waals surface area contributed by atoms with Crippen LogP contribution < -0.4 is 16.6 Å². The van der Waals surface area contributed by atoms with Crippen molar-refractivity contribution in [3.05, 3.63) is 28.7 Å². The summed E-state index contributed by atoms with van der Waals surface area (Å²) < 4.78 is 1.58. The van der Waals surface area contributed by atoms with Crippen LogP contribution in [-0.4, -0.2) is 16.5 Å². The second kappa shape index (κ2) is 6.02. The van der Waals surface area contributed by atoms with E-state index in [2.05, 4.69) is 5.32 Å². The van der Waals surface area contributed by atoms with Gasteiger partial charge in [0.05, 0.1) is 11.7 Å². The largest absolute Gasteiger partial charge is 0.323 e. The quantitative estimate of drug-likeness (QED) is 0.867. The first-order chi connectivity index (χ1) is 8.75. The van der Waals surface area contributed by atoms with Crippen molar-refractivity contribution in [1.82, 2.24) is 4.57 Å². The van der Waals surface area contributed by atoms with E-state index >= 15 is 0 Å². The van der Waals surface area contributed by atoms with Gasteiger partial charge in [0, 0.05) is 18.8 Å². The van der Waals surface area contributed by atoms with Gasteiger partial charge in [-0.05, 0) is 17.9 Å². The van der Waals surface area contributed by atoms with Gasteiger partial charge in [-0.25, -0.2) is 0 Å². The van der Waals surface area contributed by atoms with Crippen molar-refractivity contribution in [3.8, 4) is 0 Å². The number of carbonyl (C=O) groups excluding carboxylic acids is 1. The van der Waals surface area contributed by atoms with Crippen LogP contribution >= 0.6 is 0 Å². The molecule has 106 valence electrons. The molecule has 0 aliphatic carbocycles. The van der Waals surface area contributed by atoms with Gasteiger partial charge in [0.15, 0.2) is 0 Å². The lowest BCUT2D eigenvalue weighted by atomic mass is 9.87. The summed E-state index contributed by atoms with van der Waals surface area (Å²) in [5.41, 5.74) is 6.11. The number of pyridine rings is 1. The predicted molar refractivity (Wildman–Crippen MR) is 77.1 cm³/mol. The molecule has 1 atom stereocenters. The fraction of sp³-hybridized carbons (Fsp3) is 0.571. The van der Waals surface area contributed by atoms with Crippen LogP contribution in [0.3, 0.4) is 0 Å². The van der Waals surface area contributed by atoms with Crippen molar-refractivity contribution in [1.29, 1.82) is 0 Å². The zero-order chi connectivity index (χ0) is 14.6. The number of hydrogen-bond donors (Lipinski definition) is 2. The standard InChI is InChI=1S/C14H23N3O2/c1-5-8-17-9-10(6-7-11(17)18)16-13(19)12(15)14(2,3)4/h6-7,9,12H,5,8,15H2,1-4H3,(H,16,19). The highest BCUT2D eigenvalue weighted by molar-refractivity contribution is 5.95. The smallest absolute Gasteiger partial charge is 0.250 e. The Labute approximate surface area is 113 Å². The third kappa shape index (κ3) is 4.21. The van der Waals surface area contributed by atoms with Crippen molar-refractivity contribution in [2.24, 2.45) is 11.1 Å². The van der Waals surface area contributed by atoms with Gasteiger partial charge in [-0.1, -0.05) is 27.7 Å². The normalized spacial score (nSPS) is 13.1. The van der Waals surface area contributed by atoms with Gasteiger partial charge in [0.25, 0.3) is 5.56 Å². The van der Waals surface area contributed by atoms with E-state index in [-0.39, 0.29) is 16.9 Å². The maximum atomic E-state index is 12.0. The van der Waals surface area contributed by atoms with Crippen LogP contribution in [0, 0.1) is 5.41 Å². The molecule has 1 heterocycles. The van der Waals surface area contributed by atoms with Crippen molar-refractivity contribution in [2.45, 2.75) is 46.7 Å². The van der Waals surface area contributed by atoms with Gasteiger partial charge in [0.1, 0.15) is 0 Å². The average Bonchev–Trinajstić information content (AvgIpc) is 2.31. The summed E-state index contributed by atoms with van der Waals surface area (Å²) >= 11 is 0. The first-order valence-electron chi connectivity index (χ1n) is 6.52. The Bertz CT molecular complexity index is 500. The Hall–Kier alpha value is -1.62. The van der Waals surface area contributed by atoms with Crippen molar-refractivity contribution in [3.63, 3.8) is 0 Å². The van der Waals surface area contributed by atoms with Crippen LogP contribution in [0.5, 0.6) is 0 Å². The monoisotopic (exact) mass is 265 g/mol. The molecule has 5 heteroatoms. The summed E-state index contributed by atoms with van der Waals surface area (Å²) in [6.45, 7) is 8.36. The number of nitrogens with two attached hydrogens (primary N) is 1. The number of amides is 1. The molecule has 0 radical (unpaired) electrons. The maximum Gasteiger partial charge on any atom is 0.250 e. The third-order valence-corrected chi connectivity index (χ3v) is 2.93. The van der Waals surface area contributed by atoms with E-state index in [1.54, 1.807) is 16.8 Å². The molecular formula is C14H23N3O2. The molecule has 0 aromatic carbocycles. The molecule has 0 bridgehead atoms. The highest BCUT2D eigenvalue weighted by Crippen LogP contribution is 2.18. The van der Waals surface area contributed by atoms with Gasteiger partial charge >= 0.3 is 0 Å². The molecule has 0 fully saturated rings. The van der Waals surface area contributed by atoms with Crippen LogP contribution in [-0.2, 0) is 11.3 Å². The Balaban J connectivity index is 2.86. The number of hydrogen-bond acceptors (Lipinski definition) is 3. The number of anilines is 1. The van der Waals surface area contributed by atoms with E-state index in [1.165, 1.54) is 6.07 Å². The molecule has 5 nitrogen and oxygen atoms in total. The summed E-state index contributed by atoms with van der Waals surface area (Å²) in [5.74, 6) is -0.241. The first kappa shape index (κ1) is 15.4. The molecule has 0 spiro atoms. The Morgan fingerprint density at radius 3 is 2.58 bits per heavy atom. The first-order valence-corrected chi connectivity index (χ1v) is 6.52. The fourth-order valence-corrected chi connectivity index (χ4v) is 1.63. The van der Waals surface area contributed by atoms with Crippen molar-refractivity contribution < 1.29 is 4.79 Å². The molecule has 3 N–H and O–H groups in total. The zero-order valence-corrected chi connectivity index (χ0v) is 12.1. The summed E-state index contributed by atoms with van der Waals surface area (Å²) in [6, 6.07) is 2.45. The van der Waals surface area contributed by atoms with E-state index in [0.29, 0.717) is 12.2 Å².